The van der Waals surface area contributed by atoms with E-state index in [0.29, 0.717) is 5.92 Å². The second-order valence-electron chi connectivity index (χ2n) is 3.80. The predicted molar refractivity (Wildman–Crippen MR) is 56.1 cm³/mol. The van der Waals surface area contributed by atoms with Crippen LogP contribution in [0.5, 0.6) is 0 Å². The van der Waals surface area contributed by atoms with Gasteiger partial charge in [0.2, 0.25) is 0 Å². The Morgan fingerprint density at radius 3 is 2.69 bits per heavy atom. The largest absolute Gasteiger partial charge is 0.0843 e. The maximum Gasteiger partial charge on any atom is 0.0409 e. The highest BCUT2D eigenvalue weighted by atomic mass is 35.5. The summed E-state index contributed by atoms with van der Waals surface area (Å²) in [4.78, 5) is 0. The first-order valence-electron chi connectivity index (χ1n) is 5.03. The Morgan fingerprint density at radius 1 is 1.23 bits per heavy atom. The van der Waals surface area contributed by atoms with Crippen LogP contribution in [0.3, 0.4) is 0 Å². The molecular formula is C12H14Cl. The highest BCUT2D eigenvalue weighted by molar-refractivity contribution is 6.30. The van der Waals surface area contributed by atoms with Gasteiger partial charge in [0.25, 0.3) is 0 Å². The van der Waals surface area contributed by atoms with Crippen LogP contribution in [0.15, 0.2) is 18.2 Å². The van der Waals surface area contributed by atoms with Crippen molar-refractivity contribution in [1.29, 1.82) is 0 Å². The first kappa shape index (κ1) is 9.08. The monoisotopic (exact) mass is 193 g/mol. The summed E-state index contributed by atoms with van der Waals surface area (Å²) < 4.78 is 0. The van der Waals surface area contributed by atoms with Gasteiger partial charge in [-0.1, -0.05) is 36.9 Å². The summed E-state index contributed by atoms with van der Waals surface area (Å²) in [5, 5.41) is 0.847. The Labute approximate surface area is 84.9 Å². The highest BCUT2D eigenvalue weighted by Crippen LogP contribution is 2.33. The maximum absolute atomic E-state index is 5.94. The third-order valence-electron chi connectivity index (χ3n) is 2.83. The lowest BCUT2D eigenvalue weighted by molar-refractivity contribution is 0.443. The fourth-order valence-corrected chi connectivity index (χ4v) is 2.29. The molecule has 13 heavy (non-hydrogen) atoms. The Kier molecular flexibility index (Phi) is 2.90. The van der Waals surface area contributed by atoms with E-state index in [1.54, 1.807) is 0 Å². The van der Waals surface area contributed by atoms with Gasteiger partial charge in [0.05, 0.1) is 0 Å². The smallest absolute Gasteiger partial charge is 0.0409 e. The fraction of sp³-hybridized carbons (Fsp3) is 0.500. The highest BCUT2D eigenvalue weighted by Gasteiger charge is 2.15. The molecule has 0 aliphatic heterocycles. The molecule has 0 N–H and O–H groups in total. The van der Waals surface area contributed by atoms with Crippen LogP contribution in [-0.4, -0.2) is 0 Å². The van der Waals surface area contributed by atoms with Crippen LogP contribution in [-0.2, 0) is 0 Å². The van der Waals surface area contributed by atoms with Crippen LogP contribution in [0.25, 0.3) is 0 Å². The van der Waals surface area contributed by atoms with Gasteiger partial charge >= 0.3 is 0 Å². The minimum Gasteiger partial charge on any atom is -0.0843 e. The lowest BCUT2D eigenvalue weighted by atomic mass is 9.84. The van der Waals surface area contributed by atoms with E-state index in [9.17, 15) is 0 Å². The summed E-state index contributed by atoms with van der Waals surface area (Å²) in [5.41, 5.74) is 1.31. The SMILES string of the molecule is Clc1cc[c]c(C2CCCCC2)c1. The molecule has 1 aliphatic rings. The molecule has 69 valence electrons. The van der Waals surface area contributed by atoms with Crippen LogP contribution in [0, 0.1) is 6.07 Å². The molecule has 1 fully saturated rings. The minimum absolute atomic E-state index is 0.715. The van der Waals surface area contributed by atoms with Gasteiger partial charge in [-0.25, -0.2) is 0 Å². The average Bonchev–Trinajstić information content (AvgIpc) is 2.19. The lowest BCUT2D eigenvalue weighted by Crippen LogP contribution is -2.04. The quantitative estimate of drug-likeness (QED) is 0.628. The van der Waals surface area contributed by atoms with Crippen molar-refractivity contribution in [1.82, 2.24) is 0 Å². The zero-order chi connectivity index (χ0) is 9.10. The summed E-state index contributed by atoms with van der Waals surface area (Å²) >= 11 is 5.94. The van der Waals surface area contributed by atoms with E-state index in [-0.39, 0.29) is 0 Å². The zero-order valence-electron chi connectivity index (χ0n) is 7.72. The van der Waals surface area contributed by atoms with Gasteiger partial charge in [0, 0.05) is 5.02 Å². The molecule has 0 atom stereocenters. The molecule has 0 heterocycles. The van der Waals surface area contributed by atoms with E-state index in [2.05, 4.69) is 12.1 Å². The van der Waals surface area contributed by atoms with E-state index in [1.807, 2.05) is 12.1 Å². The Balaban J connectivity index is 2.14. The first-order valence-corrected chi connectivity index (χ1v) is 5.41. The molecule has 0 spiro atoms. The lowest BCUT2D eigenvalue weighted by Gasteiger charge is -2.21. The van der Waals surface area contributed by atoms with E-state index in [0.717, 1.165) is 5.02 Å². The van der Waals surface area contributed by atoms with Crippen molar-refractivity contribution in [3.05, 3.63) is 34.9 Å². The van der Waals surface area contributed by atoms with Crippen molar-refractivity contribution in [2.75, 3.05) is 0 Å². The van der Waals surface area contributed by atoms with E-state index >= 15 is 0 Å². The molecule has 1 aromatic rings. The molecule has 0 bridgehead atoms. The van der Waals surface area contributed by atoms with E-state index in [1.165, 1.54) is 37.7 Å². The summed E-state index contributed by atoms with van der Waals surface area (Å²) in [6.45, 7) is 0. The van der Waals surface area contributed by atoms with Crippen LogP contribution in [0.4, 0.5) is 0 Å². The number of hydrogen-bond acceptors (Lipinski definition) is 0. The van der Waals surface area contributed by atoms with Crippen LogP contribution < -0.4 is 0 Å². The molecule has 0 amide bonds. The van der Waals surface area contributed by atoms with E-state index < -0.39 is 0 Å². The number of halogens is 1. The van der Waals surface area contributed by atoms with E-state index in [4.69, 9.17) is 11.6 Å². The topological polar surface area (TPSA) is 0 Å². The van der Waals surface area contributed by atoms with Crippen LogP contribution in [0.1, 0.15) is 43.6 Å². The molecule has 0 saturated heterocycles. The number of benzene rings is 1. The van der Waals surface area contributed by atoms with Crippen molar-refractivity contribution < 1.29 is 0 Å². The third-order valence-corrected chi connectivity index (χ3v) is 3.07. The van der Waals surface area contributed by atoms with Crippen molar-refractivity contribution in [3.63, 3.8) is 0 Å². The molecule has 1 radical (unpaired) electrons. The van der Waals surface area contributed by atoms with Gasteiger partial charge in [-0.05, 0) is 42.5 Å². The summed E-state index contributed by atoms with van der Waals surface area (Å²) in [7, 11) is 0. The summed E-state index contributed by atoms with van der Waals surface area (Å²) in [5.74, 6) is 0.715. The molecule has 2 rings (SSSR count). The molecule has 1 saturated carbocycles. The van der Waals surface area contributed by atoms with Crippen molar-refractivity contribution in [2.45, 2.75) is 38.0 Å². The molecule has 0 aromatic heterocycles. The first-order chi connectivity index (χ1) is 6.36. The minimum atomic E-state index is 0.715. The van der Waals surface area contributed by atoms with Gasteiger partial charge in [0.1, 0.15) is 0 Å². The fourth-order valence-electron chi connectivity index (χ4n) is 2.11. The predicted octanol–water partition coefficient (Wildman–Crippen LogP) is 4.19. The number of hydrogen-bond donors (Lipinski definition) is 0. The molecule has 1 aromatic carbocycles. The van der Waals surface area contributed by atoms with Gasteiger partial charge < -0.3 is 0 Å². The van der Waals surface area contributed by atoms with Crippen LogP contribution in [0.2, 0.25) is 5.02 Å². The zero-order valence-corrected chi connectivity index (χ0v) is 8.48. The molecule has 0 nitrogen and oxygen atoms in total. The molecule has 1 aliphatic carbocycles. The van der Waals surface area contributed by atoms with Gasteiger partial charge in [-0.3, -0.25) is 0 Å². The van der Waals surface area contributed by atoms with Crippen LogP contribution >= 0.6 is 11.6 Å². The summed E-state index contributed by atoms with van der Waals surface area (Å²) in [6, 6.07) is 9.19. The molecule has 1 heteroatoms. The van der Waals surface area contributed by atoms with Crippen molar-refractivity contribution in [3.8, 4) is 0 Å². The molecule has 0 unspecified atom stereocenters. The number of rotatable bonds is 1. The summed E-state index contributed by atoms with van der Waals surface area (Å²) in [6.07, 6.45) is 6.76. The Bertz CT molecular complexity index is 274. The van der Waals surface area contributed by atoms with Gasteiger partial charge in [-0.2, -0.15) is 0 Å². The van der Waals surface area contributed by atoms with Gasteiger partial charge in [0.15, 0.2) is 0 Å². The third kappa shape index (κ3) is 2.25. The standard InChI is InChI=1S/C12H14Cl/c13-12-8-4-7-11(9-12)10-5-2-1-3-6-10/h4,8-10H,1-3,5-6H2. The second kappa shape index (κ2) is 4.15. The van der Waals surface area contributed by atoms with Crippen molar-refractivity contribution in [2.24, 2.45) is 0 Å². The maximum atomic E-state index is 5.94. The Morgan fingerprint density at radius 2 is 2.00 bits per heavy atom. The average molecular weight is 194 g/mol. The second-order valence-corrected chi connectivity index (χ2v) is 4.23. The van der Waals surface area contributed by atoms with Crippen molar-refractivity contribution >= 4 is 11.6 Å². The molecular weight excluding hydrogens is 180 g/mol. The van der Waals surface area contributed by atoms with Gasteiger partial charge in [-0.15, -0.1) is 0 Å². The normalized spacial score (nSPS) is 18.8. The Hall–Kier alpha value is -0.490.